The molecule has 0 radical (unpaired) electrons. The Bertz CT molecular complexity index is 768. The molecule has 0 saturated heterocycles. The topological polar surface area (TPSA) is 50.6 Å². The van der Waals surface area contributed by atoms with E-state index < -0.39 is 0 Å². The summed E-state index contributed by atoms with van der Waals surface area (Å²) < 4.78 is 7.04. The van der Waals surface area contributed by atoms with Crippen LogP contribution < -0.4 is 10.3 Å². The highest BCUT2D eigenvalue weighted by molar-refractivity contribution is 5.27. The minimum atomic E-state index is 0.0631. The average molecular weight is 342 g/mol. The lowest BCUT2D eigenvalue weighted by atomic mass is 10.2. The SMILES string of the molecule is COc1ccc(CN2CCCn3c(nc(CN(C)C)cc3=O)C2)cc1. The summed E-state index contributed by atoms with van der Waals surface area (Å²) in [6, 6.07) is 9.82. The van der Waals surface area contributed by atoms with E-state index in [1.54, 1.807) is 13.2 Å². The second-order valence-corrected chi connectivity index (χ2v) is 6.80. The van der Waals surface area contributed by atoms with Gasteiger partial charge in [-0.1, -0.05) is 12.1 Å². The van der Waals surface area contributed by atoms with Crippen molar-refractivity contribution in [3.05, 3.63) is 57.8 Å². The Hall–Kier alpha value is -2.18. The predicted molar refractivity (Wildman–Crippen MR) is 97.6 cm³/mol. The zero-order valence-electron chi connectivity index (χ0n) is 15.2. The molecule has 0 bridgehead atoms. The summed E-state index contributed by atoms with van der Waals surface area (Å²) in [7, 11) is 5.65. The Morgan fingerprint density at radius 1 is 1.20 bits per heavy atom. The van der Waals surface area contributed by atoms with Crippen molar-refractivity contribution in [1.82, 2.24) is 19.4 Å². The number of hydrogen-bond acceptors (Lipinski definition) is 5. The highest BCUT2D eigenvalue weighted by atomic mass is 16.5. The van der Waals surface area contributed by atoms with Gasteiger partial charge in [0.1, 0.15) is 11.6 Å². The normalized spacial score (nSPS) is 15.0. The maximum Gasteiger partial charge on any atom is 0.253 e. The van der Waals surface area contributed by atoms with Crippen LogP contribution in [-0.2, 0) is 26.2 Å². The fraction of sp³-hybridized carbons (Fsp3) is 0.474. The molecule has 0 fully saturated rings. The molecular formula is C19H26N4O2. The van der Waals surface area contributed by atoms with Crippen LogP contribution in [0.2, 0.25) is 0 Å². The number of ether oxygens (including phenoxy) is 1. The van der Waals surface area contributed by atoms with E-state index >= 15 is 0 Å². The van der Waals surface area contributed by atoms with Crippen molar-refractivity contribution in [2.75, 3.05) is 27.7 Å². The molecular weight excluding hydrogens is 316 g/mol. The summed E-state index contributed by atoms with van der Waals surface area (Å²) in [4.78, 5) is 21.6. The minimum absolute atomic E-state index is 0.0631. The number of nitrogens with zero attached hydrogens (tertiary/aromatic N) is 4. The van der Waals surface area contributed by atoms with Crippen LogP contribution in [0.3, 0.4) is 0 Å². The monoisotopic (exact) mass is 342 g/mol. The summed E-state index contributed by atoms with van der Waals surface area (Å²) in [5.74, 6) is 1.74. The molecule has 0 atom stereocenters. The van der Waals surface area contributed by atoms with E-state index in [0.29, 0.717) is 13.1 Å². The van der Waals surface area contributed by atoms with Gasteiger partial charge in [-0.05, 0) is 38.2 Å². The summed E-state index contributed by atoms with van der Waals surface area (Å²) in [5.41, 5.74) is 2.14. The predicted octanol–water partition coefficient (Wildman–Crippen LogP) is 1.72. The van der Waals surface area contributed by atoms with Crippen LogP contribution >= 0.6 is 0 Å². The number of methoxy groups -OCH3 is 1. The molecule has 1 aromatic carbocycles. The van der Waals surface area contributed by atoms with Crippen LogP contribution in [0.1, 0.15) is 23.5 Å². The lowest BCUT2D eigenvalue weighted by molar-refractivity contribution is 0.257. The van der Waals surface area contributed by atoms with Gasteiger partial charge in [-0.3, -0.25) is 14.3 Å². The second-order valence-electron chi connectivity index (χ2n) is 6.80. The number of aromatic nitrogens is 2. The molecule has 0 spiro atoms. The van der Waals surface area contributed by atoms with Gasteiger partial charge in [0, 0.05) is 32.2 Å². The van der Waals surface area contributed by atoms with E-state index in [-0.39, 0.29) is 5.56 Å². The van der Waals surface area contributed by atoms with Gasteiger partial charge >= 0.3 is 0 Å². The Balaban J connectivity index is 1.79. The van der Waals surface area contributed by atoms with Crippen LogP contribution in [0.4, 0.5) is 0 Å². The van der Waals surface area contributed by atoms with Crippen molar-refractivity contribution in [3.63, 3.8) is 0 Å². The summed E-state index contributed by atoms with van der Waals surface area (Å²) in [6.45, 7) is 3.92. The van der Waals surface area contributed by atoms with Gasteiger partial charge in [-0.2, -0.15) is 0 Å². The van der Waals surface area contributed by atoms with Gasteiger partial charge in [0.05, 0.1) is 19.3 Å². The summed E-state index contributed by atoms with van der Waals surface area (Å²) in [6.07, 6.45) is 0.956. The number of benzene rings is 1. The average Bonchev–Trinajstić information content (AvgIpc) is 2.77. The third-order valence-electron chi connectivity index (χ3n) is 4.40. The zero-order valence-corrected chi connectivity index (χ0v) is 15.2. The summed E-state index contributed by atoms with van der Waals surface area (Å²) >= 11 is 0. The molecule has 2 heterocycles. The smallest absolute Gasteiger partial charge is 0.253 e. The maximum absolute atomic E-state index is 12.4. The van der Waals surface area contributed by atoms with E-state index in [9.17, 15) is 4.79 Å². The van der Waals surface area contributed by atoms with E-state index in [1.165, 1.54) is 5.56 Å². The van der Waals surface area contributed by atoms with Gasteiger partial charge in [0.2, 0.25) is 0 Å². The van der Waals surface area contributed by atoms with Crippen molar-refractivity contribution < 1.29 is 4.74 Å². The molecule has 25 heavy (non-hydrogen) atoms. The Labute approximate surface area is 148 Å². The van der Waals surface area contributed by atoms with Crippen LogP contribution in [0.5, 0.6) is 5.75 Å². The van der Waals surface area contributed by atoms with Crippen molar-refractivity contribution in [2.45, 2.75) is 32.6 Å². The molecule has 6 nitrogen and oxygen atoms in total. The lowest BCUT2D eigenvalue weighted by Gasteiger charge is -2.20. The largest absolute Gasteiger partial charge is 0.497 e. The van der Waals surface area contributed by atoms with E-state index in [1.807, 2.05) is 35.7 Å². The maximum atomic E-state index is 12.4. The molecule has 0 unspecified atom stereocenters. The fourth-order valence-corrected chi connectivity index (χ4v) is 3.23. The van der Waals surface area contributed by atoms with Crippen molar-refractivity contribution in [1.29, 1.82) is 0 Å². The van der Waals surface area contributed by atoms with Crippen LogP contribution in [0, 0.1) is 0 Å². The Morgan fingerprint density at radius 3 is 2.64 bits per heavy atom. The molecule has 0 saturated carbocycles. The molecule has 6 heteroatoms. The van der Waals surface area contributed by atoms with E-state index in [0.717, 1.165) is 43.3 Å². The van der Waals surface area contributed by atoms with Gasteiger partial charge in [-0.15, -0.1) is 0 Å². The summed E-state index contributed by atoms with van der Waals surface area (Å²) in [5, 5.41) is 0. The van der Waals surface area contributed by atoms with Gasteiger partial charge in [-0.25, -0.2) is 4.98 Å². The standard InChI is InChI=1S/C19H26N4O2/c1-21(2)13-16-11-19(24)23-10-4-9-22(14-18(23)20-16)12-15-5-7-17(25-3)8-6-15/h5-8,11H,4,9-10,12-14H2,1-3H3. The van der Waals surface area contributed by atoms with Crippen LogP contribution in [0.15, 0.2) is 35.1 Å². The van der Waals surface area contributed by atoms with Gasteiger partial charge < -0.3 is 9.64 Å². The zero-order chi connectivity index (χ0) is 17.8. The van der Waals surface area contributed by atoms with Crippen molar-refractivity contribution in [2.24, 2.45) is 0 Å². The number of fused-ring (bicyclic) bond motifs is 1. The third kappa shape index (κ3) is 4.46. The molecule has 2 aromatic rings. The second kappa shape index (κ2) is 7.80. The molecule has 1 aliphatic heterocycles. The first-order valence-electron chi connectivity index (χ1n) is 8.65. The van der Waals surface area contributed by atoms with E-state index in [2.05, 4.69) is 17.0 Å². The molecule has 0 aliphatic carbocycles. The fourth-order valence-electron chi connectivity index (χ4n) is 3.23. The minimum Gasteiger partial charge on any atom is -0.497 e. The van der Waals surface area contributed by atoms with Gasteiger partial charge in [0.15, 0.2) is 0 Å². The highest BCUT2D eigenvalue weighted by Gasteiger charge is 2.17. The number of hydrogen-bond donors (Lipinski definition) is 0. The quantitative estimate of drug-likeness (QED) is 0.828. The number of rotatable bonds is 5. The van der Waals surface area contributed by atoms with Crippen molar-refractivity contribution >= 4 is 0 Å². The molecule has 3 rings (SSSR count). The molecule has 1 aliphatic rings. The first-order valence-corrected chi connectivity index (χ1v) is 8.65. The van der Waals surface area contributed by atoms with Crippen LogP contribution in [0.25, 0.3) is 0 Å². The van der Waals surface area contributed by atoms with Crippen molar-refractivity contribution in [3.8, 4) is 5.75 Å². The lowest BCUT2D eigenvalue weighted by Crippen LogP contribution is -2.28. The Kier molecular flexibility index (Phi) is 5.50. The Morgan fingerprint density at radius 2 is 1.96 bits per heavy atom. The first kappa shape index (κ1) is 17.6. The highest BCUT2D eigenvalue weighted by Crippen LogP contribution is 2.16. The van der Waals surface area contributed by atoms with E-state index in [4.69, 9.17) is 9.72 Å². The molecule has 134 valence electrons. The van der Waals surface area contributed by atoms with Crippen LogP contribution in [-0.4, -0.2) is 47.1 Å². The molecule has 0 amide bonds. The molecule has 1 aromatic heterocycles. The third-order valence-corrected chi connectivity index (χ3v) is 4.40. The van der Waals surface area contributed by atoms with Gasteiger partial charge in [0.25, 0.3) is 5.56 Å². The molecule has 0 N–H and O–H groups in total. The first-order chi connectivity index (χ1) is 12.0.